The van der Waals surface area contributed by atoms with Crippen molar-refractivity contribution in [1.29, 1.82) is 0 Å². The Labute approximate surface area is 311 Å². The second-order valence-corrected chi connectivity index (χ2v) is 16.0. The molecule has 0 spiro atoms. The van der Waals surface area contributed by atoms with E-state index in [9.17, 15) is 24.3 Å². The van der Waals surface area contributed by atoms with Gasteiger partial charge in [-0.15, -0.1) is 0 Å². The molecule has 0 radical (unpaired) electrons. The number of nitrogens with zero attached hydrogens (tertiary/aromatic N) is 2. The first-order valence-electron chi connectivity index (χ1n) is 18.7. The number of aliphatic hydroxyl groups is 1. The van der Waals surface area contributed by atoms with Crippen molar-refractivity contribution in [2.24, 2.45) is 23.5 Å². The predicted octanol–water partition coefficient (Wildman–Crippen LogP) is 2.06. The van der Waals surface area contributed by atoms with Crippen molar-refractivity contribution < 1.29 is 48.0 Å². The van der Waals surface area contributed by atoms with Crippen LogP contribution >= 0.6 is 0 Å². The molecule has 2 fully saturated rings. The summed E-state index contributed by atoms with van der Waals surface area (Å²) in [4.78, 5) is 56.0. The summed E-state index contributed by atoms with van der Waals surface area (Å²) in [7, 11) is 7.13. The highest BCUT2D eigenvalue weighted by atomic mass is 16.7. The van der Waals surface area contributed by atoms with Gasteiger partial charge in [0, 0.05) is 43.6 Å². The van der Waals surface area contributed by atoms with E-state index in [4.69, 9.17) is 29.4 Å². The maximum atomic E-state index is 14.0. The molecule has 15 nitrogen and oxygen atoms in total. The molecule has 2 aliphatic heterocycles. The number of rotatable bonds is 11. The van der Waals surface area contributed by atoms with E-state index < -0.39 is 72.1 Å². The Hall–Kier alpha value is -2.40. The zero-order chi connectivity index (χ0) is 39.7. The number of primary amides is 1. The van der Waals surface area contributed by atoms with E-state index in [-0.39, 0.29) is 49.0 Å². The standard InChI is InChI=1S/C37H69N5O10/c1-14-29-37(9,52-35(38)47)24(6)25(7)39-18-22(4)17-36(8,48-13)33(23(5)28(43)16-31(45)50-29)51-34-32(46)27(41(10)11)15-26(49-34)19-40-30(44)20-42(12)21(2)3/h21-27,29,32-34,39,46H,14-20H2,1-13H3,(H2,38,47)(H,40,44)/t22-,23+,24-,25-,26?,27?,29-,32?,33-,34+,36-,37+/m1/s1. The Morgan fingerprint density at radius 2 is 1.77 bits per heavy atom. The van der Waals surface area contributed by atoms with Crippen LogP contribution in [0.25, 0.3) is 0 Å². The number of nitrogens with one attached hydrogen (secondary N) is 2. The second kappa shape index (κ2) is 19.8. The van der Waals surface area contributed by atoms with Crippen LogP contribution in [-0.2, 0) is 38.1 Å². The van der Waals surface area contributed by atoms with Crippen molar-refractivity contribution >= 4 is 23.8 Å². The molecule has 2 saturated heterocycles. The SMILES string of the molecule is CC[C@H]1OC(=O)CC(=O)[C@H](C)[C@@H](O[C@@H]2OC(CNC(=O)CN(C)C(C)C)CC(N(C)C)C2O)[C@](C)(OC)C[C@@H](C)CN[C@H](C)[C@@H](C)[C@]1(C)OC(N)=O. The molecular formula is C37H69N5O10. The zero-order valence-corrected chi connectivity index (χ0v) is 33.9. The number of esters is 1. The van der Waals surface area contributed by atoms with Gasteiger partial charge in [0.1, 0.15) is 24.4 Å². The van der Waals surface area contributed by atoms with Gasteiger partial charge in [0.2, 0.25) is 5.91 Å². The fourth-order valence-corrected chi connectivity index (χ4v) is 7.39. The number of hydrogen-bond donors (Lipinski definition) is 4. The largest absolute Gasteiger partial charge is 0.458 e. The number of cyclic esters (lactones) is 1. The van der Waals surface area contributed by atoms with Crippen LogP contribution in [0.4, 0.5) is 4.79 Å². The van der Waals surface area contributed by atoms with E-state index in [1.54, 1.807) is 27.9 Å². The summed E-state index contributed by atoms with van der Waals surface area (Å²) in [5, 5.41) is 18.1. The van der Waals surface area contributed by atoms with Crippen molar-refractivity contribution in [3.05, 3.63) is 0 Å². The summed E-state index contributed by atoms with van der Waals surface area (Å²) < 4.78 is 30.7. The van der Waals surface area contributed by atoms with Crippen LogP contribution in [-0.4, -0.2) is 147 Å². The van der Waals surface area contributed by atoms with Gasteiger partial charge in [-0.2, -0.15) is 0 Å². The molecule has 0 aromatic rings. The first-order chi connectivity index (χ1) is 24.1. The van der Waals surface area contributed by atoms with E-state index in [0.29, 0.717) is 25.8 Å². The van der Waals surface area contributed by atoms with Crippen molar-refractivity contribution in [2.75, 3.05) is 47.9 Å². The Bertz CT molecular complexity index is 1190. The smallest absolute Gasteiger partial charge is 0.405 e. The molecule has 0 saturated carbocycles. The van der Waals surface area contributed by atoms with Crippen molar-refractivity contribution in [1.82, 2.24) is 20.4 Å². The van der Waals surface area contributed by atoms with Gasteiger partial charge >= 0.3 is 12.1 Å². The minimum Gasteiger partial charge on any atom is -0.458 e. The lowest BCUT2D eigenvalue weighted by atomic mass is 9.79. The van der Waals surface area contributed by atoms with Crippen LogP contribution in [0, 0.1) is 17.8 Å². The normalized spacial score (nSPS) is 37.3. The Kier molecular flexibility index (Phi) is 17.4. The molecule has 2 aliphatic rings. The molecule has 0 aromatic carbocycles. The third kappa shape index (κ3) is 12.1. The topological polar surface area (TPSA) is 191 Å². The number of carbonyl (C=O) groups is 4. The Morgan fingerprint density at radius 1 is 1.13 bits per heavy atom. The van der Waals surface area contributed by atoms with Crippen molar-refractivity contribution in [3.8, 4) is 0 Å². The second-order valence-electron chi connectivity index (χ2n) is 16.0. The van der Waals surface area contributed by atoms with Crippen molar-refractivity contribution in [2.45, 2.75) is 148 Å². The Morgan fingerprint density at radius 3 is 2.31 bits per heavy atom. The van der Waals surface area contributed by atoms with Gasteiger partial charge in [0.25, 0.3) is 0 Å². The number of ether oxygens (including phenoxy) is 5. The third-order valence-electron chi connectivity index (χ3n) is 11.4. The van der Waals surface area contributed by atoms with Gasteiger partial charge in [-0.1, -0.05) is 27.7 Å². The number of amides is 2. The molecule has 12 atom stereocenters. The Balaban J connectivity index is 2.49. The van der Waals surface area contributed by atoms with E-state index in [2.05, 4.69) is 10.6 Å². The molecular weight excluding hydrogens is 674 g/mol. The zero-order valence-electron chi connectivity index (χ0n) is 33.9. The summed E-state index contributed by atoms with van der Waals surface area (Å²) in [5.41, 5.74) is 3.13. The number of methoxy groups -OCH3 is 1. The number of ketones is 1. The molecule has 3 unspecified atom stereocenters. The van der Waals surface area contributed by atoms with Gasteiger partial charge in [-0.05, 0) is 87.5 Å². The highest BCUT2D eigenvalue weighted by Gasteiger charge is 2.50. The van der Waals surface area contributed by atoms with Crippen LogP contribution in [0.3, 0.4) is 0 Å². The molecule has 52 heavy (non-hydrogen) atoms. The minimum atomic E-state index is -1.29. The highest BCUT2D eigenvalue weighted by molar-refractivity contribution is 5.97. The molecule has 5 N–H and O–H groups in total. The lowest BCUT2D eigenvalue weighted by molar-refractivity contribution is -0.296. The number of nitrogens with two attached hydrogens (primary N) is 1. The quantitative estimate of drug-likeness (QED) is 0.178. The number of likely N-dealkylation sites (N-methyl/N-ethyl adjacent to an activating group) is 2. The maximum absolute atomic E-state index is 14.0. The molecule has 302 valence electrons. The summed E-state index contributed by atoms with van der Waals surface area (Å²) in [6.45, 7) is 17.9. The maximum Gasteiger partial charge on any atom is 0.405 e. The molecule has 0 bridgehead atoms. The van der Waals surface area contributed by atoms with Gasteiger partial charge < -0.3 is 50.1 Å². The lowest BCUT2D eigenvalue weighted by Gasteiger charge is -2.47. The van der Waals surface area contributed by atoms with Crippen LogP contribution in [0.2, 0.25) is 0 Å². The number of carbonyl (C=O) groups excluding carboxylic acids is 4. The van der Waals surface area contributed by atoms with Gasteiger partial charge in [0.05, 0.1) is 24.4 Å². The number of hydrogen-bond acceptors (Lipinski definition) is 13. The lowest BCUT2D eigenvalue weighted by Crippen LogP contribution is -2.60. The average Bonchev–Trinajstić information content (AvgIpc) is 3.06. The van der Waals surface area contributed by atoms with E-state index in [0.717, 1.165) is 0 Å². The van der Waals surface area contributed by atoms with Crippen LogP contribution in [0.15, 0.2) is 0 Å². The van der Waals surface area contributed by atoms with E-state index in [1.165, 1.54) is 0 Å². The minimum absolute atomic E-state index is 0.0139. The van der Waals surface area contributed by atoms with E-state index in [1.807, 2.05) is 72.5 Å². The van der Waals surface area contributed by atoms with Crippen LogP contribution < -0.4 is 16.4 Å². The van der Waals surface area contributed by atoms with Gasteiger partial charge in [-0.25, -0.2) is 4.79 Å². The fourth-order valence-electron chi connectivity index (χ4n) is 7.39. The molecule has 2 heterocycles. The van der Waals surface area contributed by atoms with Crippen LogP contribution in [0.5, 0.6) is 0 Å². The molecule has 2 amide bonds. The van der Waals surface area contributed by atoms with Crippen LogP contribution in [0.1, 0.15) is 88.0 Å². The van der Waals surface area contributed by atoms with Crippen molar-refractivity contribution in [3.63, 3.8) is 0 Å². The van der Waals surface area contributed by atoms with Gasteiger partial charge in [-0.3, -0.25) is 19.3 Å². The fraction of sp³-hybridized carbons (Fsp3) is 0.892. The summed E-state index contributed by atoms with van der Waals surface area (Å²) in [5.74, 6) is -2.66. The molecule has 0 aromatic heterocycles. The summed E-state index contributed by atoms with van der Waals surface area (Å²) >= 11 is 0. The molecule has 0 aliphatic carbocycles. The average molecular weight is 744 g/mol. The highest BCUT2D eigenvalue weighted by Crippen LogP contribution is 2.37. The third-order valence-corrected chi connectivity index (χ3v) is 11.4. The molecule has 15 heteroatoms. The number of aliphatic hydroxyl groups excluding tert-OH is 1. The monoisotopic (exact) mass is 744 g/mol. The van der Waals surface area contributed by atoms with Gasteiger partial charge in [0.15, 0.2) is 11.9 Å². The number of Topliss-reactive ketones (excluding diaryl/α,β-unsaturated/α-hetero) is 1. The first kappa shape index (κ1) is 45.8. The first-order valence-corrected chi connectivity index (χ1v) is 18.7. The summed E-state index contributed by atoms with van der Waals surface area (Å²) in [6, 6.07) is -0.392. The van der Waals surface area contributed by atoms with E-state index >= 15 is 0 Å². The summed E-state index contributed by atoms with van der Waals surface area (Å²) in [6.07, 6.45) is -5.04. The molecule has 2 rings (SSSR count). The predicted molar refractivity (Wildman–Crippen MR) is 196 cm³/mol.